The normalized spacial score (nSPS) is 12.6. The van der Waals surface area contributed by atoms with E-state index in [1.807, 2.05) is 0 Å². The predicted molar refractivity (Wildman–Crippen MR) is 64.0 cm³/mol. The SMILES string of the molecule is Nc1cccc2c(OS(=O)(=O)C(F)(F)F)cccc12. The molecule has 0 radical (unpaired) electrons. The van der Waals surface area contributed by atoms with Gasteiger partial charge >= 0.3 is 15.6 Å². The molecule has 102 valence electrons. The monoisotopic (exact) mass is 291 g/mol. The van der Waals surface area contributed by atoms with E-state index in [0.717, 1.165) is 6.07 Å². The van der Waals surface area contributed by atoms with E-state index in [9.17, 15) is 21.6 Å². The highest BCUT2D eigenvalue weighted by molar-refractivity contribution is 7.88. The number of anilines is 1. The Kier molecular flexibility index (Phi) is 3.05. The highest BCUT2D eigenvalue weighted by Crippen LogP contribution is 2.33. The number of fused-ring (bicyclic) bond motifs is 1. The first-order chi connectivity index (χ1) is 8.72. The average Bonchev–Trinajstić information content (AvgIpc) is 2.28. The van der Waals surface area contributed by atoms with E-state index in [0.29, 0.717) is 11.1 Å². The maximum atomic E-state index is 12.3. The molecule has 0 aliphatic heterocycles. The van der Waals surface area contributed by atoms with Crippen molar-refractivity contribution in [2.75, 3.05) is 5.73 Å². The van der Waals surface area contributed by atoms with Crippen LogP contribution < -0.4 is 9.92 Å². The van der Waals surface area contributed by atoms with Gasteiger partial charge in [0.05, 0.1) is 0 Å². The molecule has 0 aliphatic rings. The van der Waals surface area contributed by atoms with Gasteiger partial charge in [0, 0.05) is 16.5 Å². The Morgan fingerprint density at radius 2 is 1.58 bits per heavy atom. The molecule has 0 unspecified atom stereocenters. The maximum Gasteiger partial charge on any atom is 0.534 e. The number of rotatable bonds is 2. The summed E-state index contributed by atoms with van der Waals surface area (Å²) in [5, 5.41) is 0.604. The van der Waals surface area contributed by atoms with E-state index in [2.05, 4.69) is 4.18 Å². The second-order valence-corrected chi connectivity index (χ2v) is 5.22. The molecule has 0 saturated carbocycles. The summed E-state index contributed by atoms with van der Waals surface area (Å²) in [5.41, 5.74) is 0.483. The van der Waals surface area contributed by atoms with Crippen molar-refractivity contribution >= 4 is 26.6 Å². The number of benzene rings is 2. The highest BCUT2D eigenvalue weighted by Gasteiger charge is 2.48. The van der Waals surface area contributed by atoms with Crippen LogP contribution in [0, 0.1) is 0 Å². The number of hydrogen-bond acceptors (Lipinski definition) is 4. The summed E-state index contributed by atoms with van der Waals surface area (Å²) in [4.78, 5) is 0. The summed E-state index contributed by atoms with van der Waals surface area (Å²) in [6, 6.07) is 8.50. The van der Waals surface area contributed by atoms with Crippen molar-refractivity contribution in [2.24, 2.45) is 0 Å². The standard InChI is InChI=1S/C11H8F3NO3S/c12-11(13,14)19(16,17)18-10-6-2-3-7-8(10)4-1-5-9(7)15/h1-6H,15H2. The van der Waals surface area contributed by atoms with Gasteiger partial charge in [-0.05, 0) is 12.1 Å². The molecule has 0 atom stereocenters. The number of nitrogens with two attached hydrogens (primary N) is 1. The van der Waals surface area contributed by atoms with E-state index in [-0.39, 0.29) is 5.39 Å². The van der Waals surface area contributed by atoms with E-state index >= 15 is 0 Å². The van der Waals surface area contributed by atoms with Gasteiger partial charge in [-0.15, -0.1) is 0 Å². The molecule has 0 aromatic heterocycles. The predicted octanol–water partition coefficient (Wildman–Crippen LogP) is 2.65. The second kappa shape index (κ2) is 4.30. The van der Waals surface area contributed by atoms with Crippen LogP contribution in [0.2, 0.25) is 0 Å². The molecule has 0 fully saturated rings. The molecule has 0 bridgehead atoms. The lowest BCUT2D eigenvalue weighted by Gasteiger charge is -2.11. The molecule has 0 saturated heterocycles. The largest absolute Gasteiger partial charge is 0.534 e. The van der Waals surface area contributed by atoms with Gasteiger partial charge in [0.15, 0.2) is 5.75 Å². The topological polar surface area (TPSA) is 69.4 Å². The Balaban J connectivity index is 2.57. The Morgan fingerprint density at radius 1 is 1.00 bits per heavy atom. The van der Waals surface area contributed by atoms with Gasteiger partial charge in [0.2, 0.25) is 0 Å². The molecule has 4 nitrogen and oxygen atoms in total. The van der Waals surface area contributed by atoms with E-state index in [1.165, 1.54) is 18.2 Å². The molecule has 2 aromatic rings. The molecule has 2 N–H and O–H groups in total. The van der Waals surface area contributed by atoms with Crippen LogP contribution in [0.15, 0.2) is 36.4 Å². The smallest absolute Gasteiger partial charge is 0.398 e. The summed E-state index contributed by atoms with van der Waals surface area (Å²) in [6.07, 6.45) is 0. The molecule has 0 spiro atoms. The van der Waals surface area contributed by atoms with Crippen LogP contribution in [0.5, 0.6) is 5.75 Å². The molecule has 2 rings (SSSR count). The minimum absolute atomic E-state index is 0.190. The van der Waals surface area contributed by atoms with Crippen LogP contribution >= 0.6 is 0 Å². The van der Waals surface area contributed by atoms with E-state index < -0.39 is 21.4 Å². The second-order valence-electron chi connectivity index (χ2n) is 3.68. The Morgan fingerprint density at radius 3 is 2.21 bits per heavy atom. The number of hydrogen-bond donors (Lipinski definition) is 1. The van der Waals surface area contributed by atoms with Crippen LogP contribution in [0.4, 0.5) is 18.9 Å². The Bertz CT molecular complexity index is 726. The van der Waals surface area contributed by atoms with Crippen LogP contribution in [0.1, 0.15) is 0 Å². The number of nitrogen functional groups attached to an aromatic ring is 1. The van der Waals surface area contributed by atoms with Gasteiger partial charge in [-0.3, -0.25) is 0 Å². The number of halogens is 3. The van der Waals surface area contributed by atoms with Crippen LogP contribution in [0.3, 0.4) is 0 Å². The zero-order valence-corrected chi connectivity index (χ0v) is 10.1. The van der Waals surface area contributed by atoms with Crippen molar-refractivity contribution in [1.29, 1.82) is 0 Å². The van der Waals surface area contributed by atoms with Gasteiger partial charge in [-0.25, -0.2) is 0 Å². The molecular formula is C11H8F3NO3S. The van der Waals surface area contributed by atoms with E-state index in [1.54, 1.807) is 12.1 Å². The van der Waals surface area contributed by atoms with Gasteiger partial charge in [0.25, 0.3) is 0 Å². The zero-order valence-electron chi connectivity index (χ0n) is 9.31. The molecule has 0 aliphatic carbocycles. The van der Waals surface area contributed by atoms with Gasteiger partial charge in [0.1, 0.15) is 0 Å². The molecule has 8 heteroatoms. The van der Waals surface area contributed by atoms with Crippen LogP contribution in [-0.4, -0.2) is 13.9 Å². The van der Waals surface area contributed by atoms with Crippen molar-refractivity contribution in [3.63, 3.8) is 0 Å². The first-order valence-corrected chi connectivity index (χ1v) is 6.41. The maximum absolute atomic E-state index is 12.3. The third kappa shape index (κ3) is 2.43. The van der Waals surface area contributed by atoms with Gasteiger partial charge in [-0.2, -0.15) is 21.6 Å². The molecule has 2 aromatic carbocycles. The first-order valence-electron chi connectivity index (χ1n) is 5.00. The quantitative estimate of drug-likeness (QED) is 0.524. The summed E-state index contributed by atoms with van der Waals surface area (Å²) in [5.74, 6) is -0.415. The average molecular weight is 291 g/mol. The first kappa shape index (κ1) is 13.5. The summed E-state index contributed by atoms with van der Waals surface area (Å²) in [6.45, 7) is 0. The lowest BCUT2D eigenvalue weighted by molar-refractivity contribution is -0.0499. The third-order valence-electron chi connectivity index (χ3n) is 2.40. The summed E-state index contributed by atoms with van der Waals surface area (Å²) in [7, 11) is -5.70. The third-order valence-corrected chi connectivity index (χ3v) is 3.36. The van der Waals surface area contributed by atoms with Crippen molar-refractivity contribution < 1.29 is 25.8 Å². The minimum atomic E-state index is -5.70. The van der Waals surface area contributed by atoms with E-state index in [4.69, 9.17) is 5.73 Å². The molecule has 0 heterocycles. The van der Waals surface area contributed by atoms with Crippen molar-refractivity contribution in [3.8, 4) is 5.75 Å². The lowest BCUT2D eigenvalue weighted by Crippen LogP contribution is -2.28. The van der Waals surface area contributed by atoms with Crippen molar-refractivity contribution in [1.82, 2.24) is 0 Å². The Hall–Kier alpha value is -1.96. The van der Waals surface area contributed by atoms with Crippen molar-refractivity contribution in [3.05, 3.63) is 36.4 Å². The molecule has 19 heavy (non-hydrogen) atoms. The van der Waals surface area contributed by atoms with Gasteiger partial charge in [-0.1, -0.05) is 24.3 Å². The fourth-order valence-electron chi connectivity index (χ4n) is 1.54. The Labute approximate surface area is 106 Å². The zero-order chi connectivity index (χ0) is 14.3. The van der Waals surface area contributed by atoms with Crippen LogP contribution in [-0.2, 0) is 10.1 Å². The molecule has 0 amide bonds. The van der Waals surface area contributed by atoms with Gasteiger partial charge < -0.3 is 9.92 Å². The fourth-order valence-corrected chi connectivity index (χ4v) is 2.02. The lowest BCUT2D eigenvalue weighted by atomic mass is 10.1. The van der Waals surface area contributed by atoms with Crippen LogP contribution in [0.25, 0.3) is 10.8 Å². The summed E-state index contributed by atoms with van der Waals surface area (Å²) >= 11 is 0. The van der Waals surface area contributed by atoms with Crippen molar-refractivity contribution in [2.45, 2.75) is 5.51 Å². The highest BCUT2D eigenvalue weighted by atomic mass is 32.2. The number of alkyl halides is 3. The fraction of sp³-hybridized carbons (Fsp3) is 0.0909. The summed E-state index contributed by atoms with van der Waals surface area (Å²) < 4.78 is 62.9. The molecular weight excluding hydrogens is 283 g/mol. The minimum Gasteiger partial charge on any atom is -0.398 e.